The van der Waals surface area contributed by atoms with Crippen molar-refractivity contribution in [2.24, 2.45) is 0 Å². The van der Waals surface area contributed by atoms with Gasteiger partial charge in [-0.1, -0.05) is 6.92 Å². The van der Waals surface area contributed by atoms with Gasteiger partial charge in [0.05, 0.1) is 5.75 Å². The number of nitrogens with zero attached hydrogens (tertiary/aromatic N) is 1. The van der Waals surface area contributed by atoms with Gasteiger partial charge in [0.2, 0.25) is 5.89 Å². The third-order valence-corrected chi connectivity index (χ3v) is 2.18. The van der Waals surface area contributed by atoms with Gasteiger partial charge >= 0.3 is 0 Å². The third-order valence-electron chi connectivity index (χ3n) is 0.953. The summed E-state index contributed by atoms with van der Waals surface area (Å²) < 4.78 is 5.86. The summed E-state index contributed by atoms with van der Waals surface area (Å²) in [5, 5.41) is 0. The number of aromatic nitrogens is 1. The van der Waals surface area contributed by atoms with Crippen molar-refractivity contribution in [3.8, 4) is 0 Å². The molecule has 1 aromatic rings. The van der Waals surface area contributed by atoms with Crippen LogP contribution in [0.2, 0.25) is 0 Å². The van der Waals surface area contributed by atoms with Gasteiger partial charge < -0.3 is 4.42 Å². The van der Waals surface area contributed by atoms with Crippen molar-refractivity contribution < 1.29 is 4.42 Å². The van der Waals surface area contributed by atoms with Gasteiger partial charge in [-0.05, 0) is 21.7 Å². The van der Waals surface area contributed by atoms with Gasteiger partial charge in [-0.15, -0.1) is 0 Å². The number of halogens is 1. The molecular formula is C6H8BrNOS. The molecule has 0 aliphatic rings. The highest BCUT2D eigenvalue weighted by molar-refractivity contribution is 9.10. The molecule has 2 nitrogen and oxygen atoms in total. The fourth-order valence-corrected chi connectivity index (χ4v) is 1.35. The lowest BCUT2D eigenvalue weighted by molar-refractivity contribution is 0.517. The molecule has 1 rings (SSSR count). The molecule has 0 bridgehead atoms. The first-order valence-electron chi connectivity index (χ1n) is 3.00. The quantitative estimate of drug-likeness (QED) is 0.786. The van der Waals surface area contributed by atoms with Crippen molar-refractivity contribution in [2.75, 3.05) is 5.75 Å². The lowest BCUT2D eigenvalue weighted by Gasteiger charge is -1.89. The Bertz CT molecular complexity index is 201. The van der Waals surface area contributed by atoms with E-state index >= 15 is 0 Å². The zero-order valence-electron chi connectivity index (χ0n) is 5.63. The molecule has 1 aromatic heterocycles. The zero-order valence-corrected chi connectivity index (χ0v) is 8.04. The van der Waals surface area contributed by atoms with Gasteiger partial charge in [0.1, 0.15) is 10.9 Å². The first-order chi connectivity index (χ1) is 4.83. The maximum absolute atomic E-state index is 5.09. The fraction of sp³-hybridized carbons (Fsp3) is 0.500. The van der Waals surface area contributed by atoms with Crippen molar-refractivity contribution >= 4 is 27.7 Å². The van der Waals surface area contributed by atoms with Gasteiger partial charge in [-0.25, -0.2) is 4.98 Å². The maximum atomic E-state index is 5.09. The number of hydrogen-bond acceptors (Lipinski definition) is 3. The minimum absolute atomic E-state index is 0.777. The summed E-state index contributed by atoms with van der Waals surface area (Å²) in [5.41, 5.74) is 0. The Morgan fingerprint density at radius 1 is 1.80 bits per heavy atom. The standard InChI is InChI=1S/C6H8BrNOS/c1-2-10-4-6-8-5(7)3-9-6/h3H,2,4H2,1H3. The van der Waals surface area contributed by atoms with Crippen molar-refractivity contribution in [1.82, 2.24) is 4.98 Å². The minimum Gasteiger partial charge on any atom is -0.447 e. The molecule has 0 amide bonds. The Balaban J connectivity index is 2.42. The summed E-state index contributed by atoms with van der Waals surface area (Å²) in [7, 11) is 0. The second kappa shape index (κ2) is 4.03. The van der Waals surface area contributed by atoms with Gasteiger partial charge in [-0.2, -0.15) is 11.8 Å². The van der Waals surface area contributed by atoms with Crippen LogP contribution < -0.4 is 0 Å². The monoisotopic (exact) mass is 221 g/mol. The average molecular weight is 222 g/mol. The summed E-state index contributed by atoms with van der Waals surface area (Å²) in [6, 6.07) is 0. The van der Waals surface area contributed by atoms with E-state index in [9.17, 15) is 0 Å². The van der Waals surface area contributed by atoms with Crippen LogP contribution in [0.4, 0.5) is 0 Å². The van der Waals surface area contributed by atoms with Crippen LogP contribution in [0.25, 0.3) is 0 Å². The number of rotatable bonds is 3. The second-order valence-corrected chi connectivity index (χ2v) is 3.79. The van der Waals surface area contributed by atoms with Crippen molar-refractivity contribution in [3.05, 3.63) is 16.8 Å². The predicted octanol–water partition coefficient (Wildman–Crippen LogP) is 2.69. The van der Waals surface area contributed by atoms with Gasteiger partial charge in [0, 0.05) is 0 Å². The molecular weight excluding hydrogens is 214 g/mol. The summed E-state index contributed by atoms with van der Waals surface area (Å²) in [6.07, 6.45) is 1.60. The molecule has 0 aliphatic heterocycles. The van der Waals surface area contributed by atoms with Gasteiger partial charge in [-0.3, -0.25) is 0 Å². The Kier molecular flexibility index (Phi) is 3.28. The Morgan fingerprint density at radius 3 is 3.10 bits per heavy atom. The molecule has 10 heavy (non-hydrogen) atoms. The van der Waals surface area contributed by atoms with E-state index < -0.39 is 0 Å². The van der Waals surface area contributed by atoms with E-state index in [1.54, 1.807) is 18.0 Å². The first-order valence-corrected chi connectivity index (χ1v) is 4.95. The molecule has 1 heterocycles. The second-order valence-electron chi connectivity index (χ2n) is 1.70. The number of thioether (sulfide) groups is 1. The van der Waals surface area contributed by atoms with Crippen molar-refractivity contribution in [2.45, 2.75) is 12.7 Å². The molecule has 0 fully saturated rings. The highest BCUT2D eigenvalue weighted by Crippen LogP contribution is 2.13. The maximum Gasteiger partial charge on any atom is 0.205 e. The zero-order chi connectivity index (χ0) is 7.40. The Morgan fingerprint density at radius 2 is 2.60 bits per heavy atom. The van der Waals surface area contributed by atoms with Crippen LogP contribution in [0, 0.1) is 0 Å². The smallest absolute Gasteiger partial charge is 0.205 e. The molecule has 0 atom stereocenters. The molecule has 0 saturated carbocycles. The van der Waals surface area contributed by atoms with Crippen molar-refractivity contribution in [1.29, 1.82) is 0 Å². The summed E-state index contributed by atoms with van der Waals surface area (Å²) in [6.45, 7) is 2.11. The molecule has 0 spiro atoms. The van der Waals surface area contributed by atoms with Gasteiger partial charge in [0.25, 0.3) is 0 Å². The third kappa shape index (κ3) is 2.34. The van der Waals surface area contributed by atoms with E-state index in [0.29, 0.717) is 0 Å². The van der Waals surface area contributed by atoms with E-state index in [0.717, 1.165) is 22.0 Å². The van der Waals surface area contributed by atoms with Crippen molar-refractivity contribution in [3.63, 3.8) is 0 Å². The lowest BCUT2D eigenvalue weighted by atomic mass is 10.8. The highest BCUT2D eigenvalue weighted by Gasteiger charge is 1.98. The van der Waals surface area contributed by atoms with E-state index in [-0.39, 0.29) is 0 Å². The minimum atomic E-state index is 0.777. The van der Waals surface area contributed by atoms with Crippen LogP contribution in [0.3, 0.4) is 0 Å². The molecule has 0 aliphatic carbocycles. The number of hydrogen-bond donors (Lipinski definition) is 0. The van der Waals surface area contributed by atoms with Crippen LogP contribution in [0.5, 0.6) is 0 Å². The van der Waals surface area contributed by atoms with E-state index in [2.05, 4.69) is 27.8 Å². The molecule has 4 heteroatoms. The molecule has 0 radical (unpaired) electrons. The number of oxazole rings is 1. The Hall–Kier alpha value is 0.0400. The van der Waals surface area contributed by atoms with Crippen LogP contribution >= 0.6 is 27.7 Å². The molecule has 0 aromatic carbocycles. The lowest BCUT2D eigenvalue weighted by Crippen LogP contribution is -1.78. The van der Waals surface area contributed by atoms with E-state index in [1.807, 2.05) is 0 Å². The summed E-state index contributed by atoms with van der Waals surface area (Å²) in [4.78, 5) is 4.08. The summed E-state index contributed by atoms with van der Waals surface area (Å²) >= 11 is 5.01. The largest absolute Gasteiger partial charge is 0.447 e. The molecule has 56 valence electrons. The van der Waals surface area contributed by atoms with Gasteiger partial charge in [0.15, 0.2) is 0 Å². The molecule has 0 saturated heterocycles. The average Bonchev–Trinajstić information content (AvgIpc) is 2.31. The molecule has 0 unspecified atom stereocenters. The van der Waals surface area contributed by atoms with Crippen LogP contribution in [-0.4, -0.2) is 10.7 Å². The fourth-order valence-electron chi connectivity index (χ4n) is 0.544. The SMILES string of the molecule is CCSCc1nc(Br)co1. The predicted molar refractivity (Wildman–Crippen MR) is 46.0 cm³/mol. The van der Waals surface area contributed by atoms with E-state index in [1.165, 1.54) is 0 Å². The normalized spacial score (nSPS) is 10.2. The van der Waals surface area contributed by atoms with E-state index in [4.69, 9.17) is 4.42 Å². The molecule has 0 N–H and O–H groups in total. The van der Waals surface area contributed by atoms with Crippen LogP contribution in [0.1, 0.15) is 12.8 Å². The highest BCUT2D eigenvalue weighted by atomic mass is 79.9. The Labute approximate surface area is 72.5 Å². The van der Waals surface area contributed by atoms with Crippen LogP contribution in [-0.2, 0) is 5.75 Å². The summed E-state index contributed by atoms with van der Waals surface area (Å²) in [5.74, 6) is 2.75. The first kappa shape index (κ1) is 8.14. The topological polar surface area (TPSA) is 26.0 Å². The van der Waals surface area contributed by atoms with Crippen LogP contribution in [0.15, 0.2) is 15.3 Å².